The molecular weight excluding hydrogens is 401 g/mol. The topological polar surface area (TPSA) is 88.2 Å². The van der Waals surface area contributed by atoms with E-state index in [9.17, 15) is 22.8 Å². The first kappa shape index (κ1) is 19.8. The van der Waals surface area contributed by atoms with E-state index in [4.69, 9.17) is 4.74 Å². The van der Waals surface area contributed by atoms with E-state index >= 15 is 0 Å². The molecule has 1 N–H and O–H groups in total. The van der Waals surface area contributed by atoms with Gasteiger partial charge in [0.25, 0.3) is 0 Å². The van der Waals surface area contributed by atoms with Gasteiger partial charge in [0, 0.05) is 23.9 Å². The molecule has 1 saturated heterocycles. The molecular formula is C20H25F3N4O3. The highest BCUT2D eigenvalue weighted by atomic mass is 19.4. The summed E-state index contributed by atoms with van der Waals surface area (Å²) in [5.41, 5.74) is -3.24. The molecule has 1 aromatic rings. The van der Waals surface area contributed by atoms with Crippen molar-refractivity contribution in [1.82, 2.24) is 20.1 Å². The van der Waals surface area contributed by atoms with E-state index in [0.29, 0.717) is 38.2 Å². The molecule has 0 radical (unpaired) electrons. The lowest BCUT2D eigenvalue weighted by Crippen LogP contribution is -2.71. The van der Waals surface area contributed by atoms with Crippen LogP contribution in [0.5, 0.6) is 0 Å². The van der Waals surface area contributed by atoms with Gasteiger partial charge in [0.05, 0.1) is 5.92 Å². The molecule has 30 heavy (non-hydrogen) atoms. The molecule has 4 aliphatic carbocycles. The molecule has 0 spiro atoms. The van der Waals surface area contributed by atoms with Gasteiger partial charge in [-0.05, 0) is 52.9 Å². The predicted octanol–water partition coefficient (Wildman–Crippen LogP) is 3.26. The summed E-state index contributed by atoms with van der Waals surface area (Å²) >= 11 is 0. The van der Waals surface area contributed by atoms with Crippen LogP contribution in [-0.2, 0) is 20.4 Å². The van der Waals surface area contributed by atoms with Crippen molar-refractivity contribution < 1.29 is 27.5 Å². The molecule has 1 aromatic heterocycles. The van der Waals surface area contributed by atoms with E-state index in [1.165, 1.54) is 4.90 Å². The third-order valence-electron chi connectivity index (χ3n) is 7.16. The van der Waals surface area contributed by atoms with Crippen LogP contribution in [0.4, 0.5) is 18.0 Å². The van der Waals surface area contributed by atoms with Crippen molar-refractivity contribution in [3.8, 4) is 0 Å². The van der Waals surface area contributed by atoms with Gasteiger partial charge in [-0.2, -0.15) is 18.3 Å². The molecule has 0 aromatic carbocycles. The number of nitrogens with one attached hydrogen (secondary N) is 1. The van der Waals surface area contributed by atoms with Crippen molar-refractivity contribution in [2.45, 2.75) is 75.5 Å². The number of rotatable bonds is 4. The fourth-order valence-corrected chi connectivity index (χ4v) is 5.33. The first-order valence-electron chi connectivity index (χ1n) is 10.3. The zero-order chi connectivity index (χ0) is 21.7. The molecule has 1 amide bonds. The van der Waals surface area contributed by atoms with Crippen molar-refractivity contribution in [2.24, 2.45) is 11.3 Å². The summed E-state index contributed by atoms with van der Waals surface area (Å²) in [6, 6.07) is 0. The van der Waals surface area contributed by atoms with Crippen LogP contribution in [-0.4, -0.2) is 56.8 Å². The minimum atomic E-state index is -4.33. The summed E-state index contributed by atoms with van der Waals surface area (Å²) in [5, 5.41) is 6.60. The number of aromatic amines is 1. The van der Waals surface area contributed by atoms with Gasteiger partial charge >= 0.3 is 12.3 Å². The number of ether oxygens (including phenoxy) is 1. The third-order valence-corrected chi connectivity index (χ3v) is 7.16. The van der Waals surface area contributed by atoms with Crippen LogP contribution < -0.4 is 0 Å². The monoisotopic (exact) mass is 426 g/mol. The molecule has 6 rings (SSSR count). The number of ketones is 1. The first-order valence-corrected chi connectivity index (χ1v) is 10.3. The number of likely N-dealkylation sites (tertiary alicyclic amines) is 1. The van der Waals surface area contributed by atoms with Gasteiger partial charge in [-0.15, -0.1) is 0 Å². The first-order chi connectivity index (χ1) is 13.8. The standard InChI is InChI=1S/C20H25F3N4O3/c1-16(2,3)30-15(29)27-6-11(7-27)12(28)17-8-18(9-17,10-17)13-24-14(26-25-13)19(4-5-19)20(21,22)23/h11H,4-10H2,1-3H3,(H,24,25,26). The Kier molecular flexibility index (Phi) is 3.67. The number of H-pyrrole nitrogens is 1. The van der Waals surface area contributed by atoms with Gasteiger partial charge in [0.1, 0.15) is 22.6 Å². The number of hydrogen-bond acceptors (Lipinski definition) is 5. The number of alkyl halides is 3. The Morgan fingerprint density at radius 2 is 1.73 bits per heavy atom. The highest BCUT2D eigenvalue weighted by molar-refractivity contribution is 5.93. The second kappa shape index (κ2) is 5.56. The summed E-state index contributed by atoms with van der Waals surface area (Å²) in [4.78, 5) is 30.7. The molecule has 0 atom stereocenters. The van der Waals surface area contributed by atoms with Crippen molar-refractivity contribution in [1.29, 1.82) is 0 Å². The Hall–Kier alpha value is -2.13. The maximum Gasteiger partial charge on any atom is 0.410 e. The SMILES string of the molecule is CC(C)(C)OC(=O)N1CC(C(=O)C23CC(c4n[nH]c(C5(C(F)(F)F)CC5)n4)(C2)C3)C1. The average molecular weight is 426 g/mol. The van der Waals surface area contributed by atoms with Gasteiger partial charge in [-0.3, -0.25) is 9.89 Å². The summed E-state index contributed by atoms with van der Waals surface area (Å²) in [6.45, 7) is 6.11. The smallest absolute Gasteiger partial charge is 0.410 e. The Bertz CT molecular complexity index is 903. The maximum atomic E-state index is 13.3. The van der Waals surface area contributed by atoms with Crippen molar-refractivity contribution in [3.63, 3.8) is 0 Å². The van der Waals surface area contributed by atoms with Crippen molar-refractivity contribution in [2.75, 3.05) is 13.1 Å². The lowest BCUT2D eigenvalue weighted by atomic mass is 9.33. The number of amides is 1. The minimum Gasteiger partial charge on any atom is -0.444 e. The molecule has 2 heterocycles. The molecule has 5 aliphatic rings. The Balaban J connectivity index is 1.18. The van der Waals surface area contributed by atoms with Crippen molar-refractivity contribution >= 4 is 11.9 Å². The maximum absolute atomic E-state index is 13.3. The molecule has 164 valence electrons. The quantitative estimate of drug-likeness (QED) is 0.799. The average Bonchev–Trinajstić information content (AvgIpc) is 3.15. The van der Waals surface area contributed by atoms with E-state index in [0.717, 1.165) is 0 Å². The second-order valence-electron chi connectivity index (χ2n) is 10.6. The minimum absolute atomic E-state index is 0.0381. The van der Waals surface area contributed by atoms with Gasteiger partial charge in [-0.25, -0.2) is 9.78 Å². The van der Waals surface area contributed by atoms with Gasteiger partial charge in [0.2, 0.25) is 0 Å². The number of hydrogen-bond donors (Lipinski definition) is 1. The molecule has 5 fully saturated rings. The van der Waals surface area contributed by atoms with Crippen LogP contribution >= 0.6 is 0 Å². The zero-order valence-electron chi connectivity index (χ0n) is 17.2. The number of nitrogens with zero attached hydrogens (tertiary/aromatic N) is 3. The Morgan fingerprint density at radius 1 is 1.13 bits per heavy atom. The van der Waals surface area contributed by atoms with E-state index in [2.05, 4.69) is 15.2 Å². The molecule has 4 saturated carbocycles. The van der Waals surface area contributed by atoms with Crippen LogP contribution in [0.15, 0.2) is 0 Å². The summed E-state index contributed by atoms with van der Waals surface area (Å²) < 4.78 is 45.2. The number of aromatic nitrogens is 3. The van der Waals surface area contributed by atoms with Gasteiger partial charge in [-0.1, -0.05) is 0 Å². The molecule has 1 aliphatic heterocycles. The van der Waals surface area contributed by atoms with Crippen LogP contribution in [0.25, 0.3) is 0 Å². The fraction of sp³-hybridized carbons (Fsp3) is 0.800. The van der Waals surface area contributed by atoms with E-state index in [1.807, 2.05) is 0 Å². The van der Waals surface area contributed by atoms with Crippen LogP contribution in [0.1, 0.15) is 64.5 Å². The summed E-state index contributed by atoms with van der Waals surface area (Å²) in [6.07, 6.45) is -2.92. The highest BCUT2D eigenvalue weighted by Crippen LogP contribution is 2.74. The molecule has 2 bridgehead atoms. The lowest BCUT2D eigenvalue weighted by molar-refractivity contribution is -0.183. The van der Waals surface area contributed by atoms with E-state index < -0.39 is 28.7 Å². The summed E-state index contributed by atoms with van der Waals surface area (Å²) in [7, 11) is 0. The van der Waals surface area contributed by atoms with Crippen LogP contribution in [0.3, 0.4) is 0 Å². The molecule has 7 nitrogen and oxygen atoms in total. The summed E-state index contributed by atoms with van der Waals surface area (Å²) in [5.74, 6) is 0.265. The van der Waals surface area contributed by atoms with Crippen LogP contribution in [0.2, 0.25) is 0 Å². The number of carbonyl (C=O) groups excluding carboxylic acids is 2. The van der Waals surface area contributed by atoms with Gasteiger partial charge in [0.15, 0.2) is 5.82 Å². The Morgan fingerprint density at radius 3 is 2.23 bits per heavy atom. The number of carbonyl (C=O) groups is 2. The highest BCUT2D eigenvalue weighted by Gasteiger charge is 2.75. The van der Waals surface area contributed by atoms with Crippen LogP contribution in [0, 0.1) is 11.3 Å². The Labute approximate surface area is 171 Å². The van der Waals surface area contributed by atoms with Crippen molar-refractivity contribution in [3.05, 3.63) is 11.6 Å². The molecule has 0 unspecified atom stereocenters. The normalized spacial score (nSPS) is 32.0. The van der Waals surface area contributed by atoms with Gasteiger partial charge < -0.3 is 9.64 Å². The van der Waals surface area contributed by atoms with E-state index in [1.54, 1.807) is 20.8 Å². The number of Topliss-reactive ketones (excluding diaryl/α,β-unsaturated/α-hetero) is 1. The lowest BCUT2D eigenvalue weighted by Gasteiger charge is -2.69. The fourth-order valence-electron chi connectivity index (χ4n) is 5.33. The zero-order valence-corrected chi connectivity index (χ0v) is 17.2. The predicted molar refractivity (Wildman–Crippen MR) is 97.6 cm³/mol. The number of halogens is 3. The third kappa shape index (κ3) is 2.64. The largest absolute Gasteiger partial charge is 0.444 e. The molecule has 10 heteroatoms. The second-order valence-corrected chi connectivity index (χ2v) is 10.6. The van der Waals surface area contributed by atoms with E-state index in [-0.39, 0.29) is 35.8 Å².